The third-order valence-corrected chi connectivity index (χ3v) is 3.66. The van der Waals surface area contributed by atoms with Crippen LogP contribution >= 0.6 is 0 Å². The van der Waals surface area contributed by atoms with Gasteiger partial charge in [0.15, 0.2) is 6.04 Å². The standard InChI is InChI=1S/C12H21NO4/c1-3-12(6-4-5-7-12)11(16)13-9(8-17-2)10(14)15/h9H,3-8H2,1-2H3,(H,13,16)(H,14,15). The molecule has 17 heavy (non-hydrogen) atoms. The summed E-state index contributed by atoms with van der Waals surface area (Å²) in [4.78, 5) is 23.1. The minimum atomic E-state index is -1.05. The Kier molecular flexibility index (Phi) is 4.93. The third kappa shape index (κ3) is 3.19. The molecule has 1 rings (SSSR count). The van der Waals surface area contributed by atoms with E-state index in [9.17, 15) is 9.59 Å². The molecule has 0 bridgehead atoms. The van der Waals surface area contributed by atoms with Crippen molar-refractivity contribution in [1.82, 2.24) is 5.32 Å². The maximum Gasteiger partial charge on any atom is 0.328 e. The highest BCUT2D eigenvalue weighted by atomic mass is 16.5. The molecule has 98 valence electrons. The summed E-state index contributed by atoms with van der Waals surface area (Å²) < 4.78 is 4.80. The molecule has 0 aromatic rings. The van der Waals surface area contributed by atoms with E-state index in [-0.39, 0.29) is 17.9 Å². The van der Waals surface area contributed by atoms with Crippen LogP contribution in [0.1, 0.15) is 39.0 Å². The summed E-state index contributed by atoms with van der Waals surface area (Å²) in [5, 5.41) is 11.5. The number of carboxylic acid groups (broad SMARTS) is 1. The van der Waals surface area contributed by atoms with Crippen LogP contribution in [0.15, 0.2) is 0 Å². The number of carbonyl (C=O) groups is 2. The first-order chi connectivity index (χ1) is 8.05. The zero-order valence-corrected chi connectivity index (χ0v) is 10.5. The van der Waals surface area contributed by atoms with Crippen molar-refractivity contribution in [1.29, 1.82) is 0 Å². The summed E-state index contributed by atoms with van der Waals surface area (Å²) in [6.45, 7) is 1.98. The van der Waals surface area contributed by atoms with E-state index in [0.717, 1.165) is 32.1 Å². The summed E-state index contributed by atoms with van der Waals surface area (Å²) in [6.07, 6.45) is 4.56. The number of carbonyl (C=O) groups excluding carboxylic acids is 1. The van der Waals surface area contributed by atoms with E-state index in [0.29, 0.717) is 0 Å². The second-order valence-electron chi connectivity index (χ2n) is 4.66. The van der Waals surface area contributed by atoms with Gasteiger partial charge >= 0.3 is 5.97 Å². The second kappa shape index (κ2) is 6.00. The topological polar surface area (TPSA) is 75.6 Å². The molecule has 1 atom stereocenters. The number of hydrogen-bond acceptors (Lipinski definition) is 3. The number of hydrogen-bond donors (Lipinski definition) is 2. The van der Waals surface area contributed by atoms with Crippen LogP contribution in [-0.4, -0.2) is 36.7 Å². The van der Waals surface area contributed by atoms with Crippen molar-refractivity contribution in [3.05, 3.63) is 0 Å². The Balaban J connectivity index is 2.65. The summed E-state index contributed by atoms with van der Waals surface area (Å²) >= 11 is 0. The minimum Gasteiger partial charge on any atom is -0.480 e. The van der Waals surface area contributed by atoms with Crippen LogP contribution in [0.5, 0.6) is 0 Å². The van der Waals surface area contributed by atoms with E-state index in [4.69, 9.17) is 9.84 Å². The first-order valence-electron chi connectivity index (χ1n) is 6.08. The number of nitrogens with one attached hydrogen (secondary N) is 1. The first kappa shape index (κ1) is 14.0. The molecule has 5 heteroatoms. The molecule has 0 saturated heterocycles. The zero-order valence-electron chi connectivity index (χ0n) is 10.5. The van der Waals surface area contributed by atoms with Crippen LogP contribution in [0.3, 0.4) is 0 Å². The summed E-state index contributed by atoms with van der Waals surface area (Å²) in [7, 11) is 1.42. The van der Waals surface area contributed by atoms with Gasteiger partial charge in [-0.2, -0.15) is 0 Å². The fourth-order valence-electron chi connectivity index (χ4n) is 2.45. The summed E-state index contributed by atoms with van der Waals surface area (Å²) in [6, 6.07) is -0.948. The highest BCUT2D eigenvalue weighted by molar-refractivity contribution is 5.87. The Morgan fingerprint density at radius 1 is 1.41 bits per heavy atom. The Labute approximate surface area is 102 Å². The number of aliphatic carboxylic acids is 1. The molecular weight excluding hydrogens is 222 g/mol. The van der Waals surface area contributed by atoms with Gasteiger partial charge in [-0.25, -0.2) is 4.79 Å². The maximum absolute atomic E-state index is 12.2. The van der Waals surface area contributed by atoms with Crippen molar-refractivity contribution in [3.8, 4) is 0 Å². The van der Waals surface area contributed by atoms with Gasteiger partial charge in [-0.05, 0) is 19.3 Å². The van der Waals surface area contributed by atoms with Gasteiger partial charge in [0.25, 0.3) is 0 Å². The van der Waals surface area contributed by atoms with E-state index in [1.165, 1.54) is 7.11 Å². The Morgan fingerprint density at radius 2 is 2.00 bits per heavy atom. The molecule has 0 aromatic carbocycles. The van der Waals surface area contributed by atoms with Gasteiger partial charge in [0, 0.05) is 12.5 Å². The summed E-state index contributed by atoms with van der Waals surface area (Å²) in [5.74, 6) is -1.19. The lowest BCUT2D eigenvalue weighted by atomic mass is 9.82. The second-order valence-corrected chi connectivity index (χ2v) is 4.66. The summed E-state index contributed by atoms with van der Waals surface area (Å²) in [5.41, 5.74) is -0.360. The van der Waals surface area contributed by atoms with Crippen molar-refractivity contribution < 1.29 is 19.4 Å². The van der Waals surface area contributed by atoms with Gasteiger partial charge in [-0.15, -0.1) is 0 Å². The van der Waals surface area contributed by atoms with E-state index in [2.05, 4.69) is 5.32 Å². The predicted molar refractivity (Wildman–Crippen MR) is 62.6 cm³/mol. The minimum absolute atomic E-state index is 0.000861. The molecule has 0 radical (unpaired) electrons. The molecule has 1 amide bonds. The molecule has 0 spiro atoms. The highest BCUT2D eigenvalue weighted by Crippen LogP contribution is 2.41. The predicted octanol–water partition coefficient (Wildman–Crippen LogP) is 1.17. The molecule has 0 heterocycles. The van der Waals surface area contributed by atoms with Crippen LogP contribution in [0.4, 0.5) is 0 Å². The van der Waals surface area contributed by atoms with Gasteiger partial charge < -0.3 is 15.2 Å². The molecule has 1 saturated carbocycles. The zero-order chi connectivity index (χ0) is 12.9. The van der Waals surface area contributed by atoms with Crippen molar-refractivity contribution in [3.63, 3.8) is 0 Å². The third-order valence-electron chi connectivity index (χ3n) is 3.66. The number of carboxylic acids is 1. The lowest BCUT2D eigenvalue weighted by Crippen LogP contribution is -2.49. The number of ether oxygens (including phenoxy) is 1. The first-order valence-corrected chi connectivity index (χ1v) is 6.08. The van der Waals surface area contributed by atoms with Crippen molar-refractivity contribution in [2.45, 2.75) is 45.1 Å². The molecular formula is C12H21NO4. The SMILES string of the molecule is CCC1(C(=O)NC(COC)C(=O)O)CCCC1. The van der Waals surface area contributed by atoms with Crippen LogP contribution in [-0.2, 0) is 14.3 Å². The average molecular weight is 243 g/mol. The fraction of sp³-hybridized carbons (Fsp3) is 0.833. The highest BCUT2D eigenvalue weighted by Gasteiger charge is 2.40. The molecule has 2 N–H and O–H groups in total. The fourth-order valence-corrected chi connectivity index (χ4v) is 2.45. The van der Waals surface area contributed by atoms with Gasteiger partial charge in [0.2, 0.25) is 5.91 Å². The molecule has 1 fully saturated rings. The molecule has 0 aliphatic heterocycles. The molecule has 1 aliphatic rings. The van der Waals surface area contributed by atoms with E-state index >= 15 is 0 Å². The van der Waals surface area contributed by atoms with Crippen molar-refractivity contribution in [2.75, 3.05) is 13.7 Å². The van der Waals surface area contributed by atoms with E-state index in [1.54, 1.807) is 0 Å². The van der Waals surface area contributed by atoms with Gasteiger partial charge in [0.05, 0.1) is 6.61 Å². The van der Waals surface area contributed by atoms with Crippen LogP contribution in [0, 0.1) is 5.41 Å². The molecule has 1 aliphatic carbocycles. The average Bonchev–Trinajstić information content (AvgIpc) is 2.78. The Morgan fingerprint density at radius 3 is 2.41 bits per heavy atom. The van der Waals surface area contributed by atoms with E-state index in [1.807, 2.05) is 6.92 Å². The molecule has 0 aromatic heterocycles. The van der Waals surface area contributed by atoms with Gasteiger partial charge in [0.1, 0.15) is 0 Å². The number of amides is 1. The Hall–Kier alpha value is -1.10. The van der Waals surface area contributed by atoms with E-state index < -0.39 is 12.0 Å². The number of methoxy groups -OCH3 is 1. The molecule has 5 nitrogen and oxygen atoms in total. The normalized spacial score (nSPS) is 19.9. The van der Waals surface area contributed by atoms with Gasteiger partial charge in [-0.3, -0.25) is 4.79 Å². The van der Waals surface area contributed by atoms with Crippen molar-refractivity contribution >= 4 is 11.9 Å². The largest absolute Gasteiger partial charge is 0.480 e. The van der Waals surface area contributed by atoms with Crippen molar-refractivity contribution in [2.24, 2.45) is 5.41 Å². The maximum atomic E-state index is 12.2. The monoisotopic (exact) mass is 243 g/mol. The van der Waals surface area contributed by atoms with Gasteiger partial charge in [-0.1, -0.05) is 19.8 Å². The van der Waals surface area contributed by atoms with Crippen LogP contribution in [0.2, 0.25) is 0 Å². The van der Waals surface area contributed by atoms with Crippen LogP contribution < -0.4 is 5.32 Å². The van der Waals surface area contributed by atoms with Crippen LogP contribution in [0.25, 0.3) is 0 Å². The molecule has 1 unspecified atom stereocenters. The number of rotatable bonds is 6. The lowest BCUT2D eigenvalue weighted by Gasteiger charge is -2.27. The Bertz CT molecular complexity index is 284. The smallest absolute Gasteiger partial charge is 0.328 e. The quantitative estimate of drug-likeness (QED) is 0.734. The lowest BCUT2D eigenvalue weighted by molar-refractivity contribution is -0.145.